The van der Waals surface area contributed by atoms with Crippen LogP contribution in [0, 0.1) is 11.8 Å². The molecule has 0 unspecified atom stereocenters. The summed E-state index contributed by atoms with van der Waals surface area (Å²) in [5.74, 6) is 1.06. The van der Waals surface area contributed by atoms with Crippen LogP contribution < -0.4 is 10.9 Å². The number of fused-ring (bicyclic) bond motifs is 3. The number of carbonyl (C=O) groups excluding carboxylic acids is 1. The molecule has 0 aliphatic heterocycles. The standard InChI is InChI=1S/C22H28N4O2/c1-4-18(21(27)24-17-10-7-8-13(2)14(17)3)26-19-11-6-5-9-15(19)16-12-23-25-22(28)20(16)26/h5-6,9,11-14,17-18H,4,7-8,10H2,1-3H3,(H,24,27)(H,25,28)/t13-,14+,17-,18-/m1/s1. The van der Waals surface area contributed by atoms with E-state index in [-0.39, 0.29) is 17.5 Å². The molecule has 2 heterocycles. The first-order valence-electron chi connectivity index (χ1n) is 10.3. The van der Waals surface area contributed by atoms with Crippen LogP contribution in [0.3, 0.4) is 0 Å². The highest BCUT2D eigenvalue weighted by molar-refractivity contribution is 6.08. The number of benzene rings is 1. The first-order chi connectivity index (χ1) is 13.5. The molecule has 0 radical (unpaired) electrons. The summed E-state index contributed by atoms with van der Waals surface area (Å²) in [6.45, 7) is 6.49. The minimum Gasteiger partial charge on any atom is -0.351 e. The van der Waals surface area contributed by atoms with Crippen LogP contribution in [0.4, 0.5) is 0 Å². The van der Waals surface area contributed by atoms with Crippen molar-refractivity contribution >= 4 is 27.7 Å². The van der Waals surface area contributed by atoms with E-state index < -0.39 is 6.04 Å². The highest BCUT2D eigenvalue weighted by Gasteiger charge is 2.31. The lowest BCUT2D eigenvalue weighted by molar-refractivity contribution is -0.125. The summed E-state index contributed by atoms with van der Waals surface area (Å²) in [6, 6.07) is 7.59. The SMILES string of the molecule is CC[C@H](C(=O)N[C@@H]1CCC[C@@H](C)[C@@H]1C)n1c2ccccc2c2cn[nH]c(=O)c21. The Morgan fingerprint density at radius 1 is 1.29 bits per heavy atom. The van der Waals surface area contributed by atoms with Crippen molar-refractivity contribution in [2.75, 3.05) is 0 Å². The number of nitrogens with one attached hydrogen (secondary N) is 2. The van der Waals surface area contributed by atoms with Gasteiger partial charge in [0.1, 0.15) is 11.6 Å². The number of carbonyl (C=O) groups is 1. The Morgan fingerprint density at radius 2 is 2.07 bits per heavy atom. The lowest BCUT2D eigenvalue weighted by atomic mass is 9.78. The van der Waals surface area contributed by atoms with Crippen molar-refractivity contribution in [2.45, 2.75) is 58.5 Å². The van der Waals surface area contributed by atoms with Gasteiger partial charge in [-0.05, 0) is 30.7 Å². The quantitative estimate of drug-likeness (QED) is 0.723. The minimum absolute atomic E-state index is 0.00712. The van der Waals surface area contributed by atoms with Crippen molar-refractivity contribution in [3.05, 3.63) is 40.8 Å². The fourth-order valence-corrected chi connectivity index (χ4v) is 4.73. The molecule has 0 bridgehead atoms. The monoisotopic (exact) mass is 380 g/mol. The second kappa shape index (κ2) is 7.41. The summed E-state index contributed by atoms with van der Waals surface area (Å²) in [5, 5.41) is 11.5. The van der Waals surface area contributed by atoms with Crippen LogP contribution in [-0.2, 0) is 4.79 Å². The van der Waals surface area contributed by atoms with E-state index in [1.807, 2.05) is 35.8 Å². The first kappa shape index (κ1) is 18.7. The van der Waals surface area contributed by atoms with Crippen LogP contribution in [0.25, 0.3) is 21.8 Å². The predicted octanol–water partition coefficient (Wildman–Crippen LogP) is 3.77. The average Bonchev–Trinajstić information content (AvgIpc) is 3.02. The smallest absolute Gasteiger partial charge is 0.288 e. The third-order valence-electron chi connectivity index (χ3n) is 6.56. The molecule has 1 aliphatic rings. The van der Waals surface area contributed by atoms with Gasteiger partial charge in [0.05, 0.1) is 11.7 Å². The van der Waals surface area contributed by atoms with Crippen LogP contribution in [0.15, 0.2) is 35.3 Å². The van der Waals surface area contributed by atoms with E-state index in [9.17, 15) is 9.59 Å². The molecular formula is C22H28N4O2. The van der Waals surface area contributed by atoms with Crippen molar-refractivity contribution in [2.24, 2.45) is 11.8 Å². The van der Waals surface area contributed by atoms with Crippen molar-refractivity contribution in [1.82, 2.24) is 20.1 Å². The Morgan fingerprint density at radius 3 is 2.86 bits per heavy atom. The summed E-state index contributed by atoms with van der Waals surface area (Å²) < 4.78 is 1.90. The molecule has 1 fully saturated rings. The summed E-state index contributed by atoms with van der Waals surface area (Å²) >= 11 is 0. The number of amides is 1. The first-order valence-corrected chi connectivity index (χ1v) is 10.3. The van der Waals surface area contributed by atoms with Crippen molar-refractivity contribution in [1.29, 1.82) is 0 Å². The number of aromatic amines is 1. The lowest BCUT2D eigenvalue weighted by Crippen LogP contribution is -2.46. The van der Waals surface area contributed by atoms with E-state index in [2.05, 4.69) is 29.4 Å². The Labute approximate surface area is 164 Å². The van der Waals surface area contributed by atoms with E-state index >= 15 is 0 Å². The van der Waals surface area contributed by atoms with Gasteiger partial charge in [0.15, 0.2) is 0 Å². The van der Waals surface area contributed by atoms with Crippen LogP contribution in [0.2, 0.25) is 0 Å². The lowest BCUT2D eigenvalue weighted by Gasteiger charge is -2.35. The van der Waals surface area contributed by atoms with Gasteiger partial charge in [-0.25, -0.2) is 5.10 Å². The molecule has 28 heavy (non-hydrogen) atoms. The van der Waals surface area contributed by atoms with Gasteiger partial charge in [-0.3, -0.25) is 9.59 Å². The highest BCUT2D eigenvalue weighted by Crippen LogP contribution is 2.32. The zero-order valence-corrected chi connectivity index (χ0v) is 16.7. The van der Waals surface area contributed by atoms with E-state index in [0.29, 0.717) is 23.8 Å². The summed E-state index contributed by atoms with van der Waals surface area (Å²) in [6.07, 6.45) is 5.67. The fraction of sp³-hybridized carbons (Fsp3) is 0.500. The van der Waals surface area contributed by atoms with Gasteiger partial charge >= 0.3 is 0 Å². The van der Waals surface area contributed by atoms with Gasteiger partial charge in [-0.1, -0.05) is 51.8 Å². The van der Waals surface area contributed by atoms with Crippen LogP contribution >= 0.6 is 0 Å². The minimum atomic E-state index is -0.435. The number of para-hydroxylation sites is 1. The zero-order valence-electron chi connectivity index (χ0n) is 16.7. The molecule has 6 heteroatoms. The average molecular weight is 380 g/mol. The number of rotatable bonds is 4. The van der Waals surface area contributed by atoms with Crippen LogP contribution in [0.1, 0.15) is 52.5 Å². The maximum Gasteiger partial charge on any atom is 0.288 e. The van der Waals surface area contributed by atoms with Gasteiger partial charge in [0, 0.05) is 16.8 Å². The number of hydrogen-bond acceptors (Lipinski definition) is 3. The Kier molecular flexibility index (Phi) is 4.96. The van der Waals surface area contributed by atoms with Gasteiger partial charge in [-0.15, -0.1) is 0 Å². The summed E-state index contributed by atoms with van der Waals surface area (Å²) in [5.41, 5.74) is 1.14. The molecular weight excluding hydrogens is 352 g/mol. The number of H-pyrrole nitrogens is 1. The molecule has 1 amide bonds. The maximum absolute atomic E-state index is 13.3. The third-order valence-corrected chi connectivity index (χ3v) is 6.56. The molecule has 2 N–H and O–H groups in total. The molecule has 0 saturated heterocycles. The summed E-state index contributed by atoms with van der Waals surface area (Å²) in [7, 11) is 0. The van der Waals surface area contributed by atoms with Crippen molar-refractivity contribution in [3.8, 4) is 0 Å². The molecule has 0 spiro atoms. The predicted molar refractivity (Wildman–Crippen MR) is 111 cm³/mol. The zero-order chi connectivity index (χ0) is 19.8. The number of nitrogens with zero attached hydrogens (tertiary/aromatic N) is 2. The molecule has 148 valence electrons. The van der Waals surface area contributed by atoms with Gasteiger partial charge in [-0.2, -0.15) is 5.10 Å². The molecule has 4 rings (SSSR count). The van der Waals surface area contributed by atoms with Gasteiger partial charge < -0.3 is 9.88 Å². The normalized spacial score (nSPS) is 23.8. The Bertz CT molecular complexity index is 1070. The fourth-order valence-electron chi connectivity index (χ4n) is 4.73. The molecule has 1 aliphatic carbocycles. The van der Waals surface area contributed by atoms with Gasteiger partial charge in [0.25, 0.3) is 5.56 Å². The van der Waals surface area contributed by atoms with E-state index in [1.165, 1.54) is 6.42 Å². The number of aromatic nitrogens is 3. The topological polar surface area (TPSA) is 79.8 Å². The van der Waals surface area contributed by atoms with Crippen molar-refractivity contribution < 1.29 is 4.79 Å². The van der Waals surface area contributed by atoms with Gasteiger partial charge in [0.2, 0.25) is 5.91 Å². The van der Waals surface area contributed by atoms with E-state index in [4.69, 9.17) is 0 Å². The highest BCUT2D eigenvalue weighted by atomic mass is 16.2. The molecule has 4 atom stereocenters. The maximum atomic E-state index is 13.3. The van der Waals surface area contributed by atoms with Crippen molar-refractivity contribution in [3.63, 3.8) is 0 Å². The molecule has 1 aromatic carbocycles. The molecule has 1 saturated carbocycles. The second-order valence-corrected chi connectivity index (χ2v) is 8.15. The molecule has 2 aromatic heterocycles. The van der Waals surface area contributed by atoms with E-state index in [0.717, 1.165) is 29.1 Å². The largest absolute Gasteiger partial charge is 0.351 e. The summed E-state index contributed by atoms with van der Waals surface area (Å²) in [4.78, 5) is 26.0. The van der Waals surface area contributed by atoms with E-state index in [1.54, 1.807) is 6.20 Å². The number of hydrogen-bond donors (Lipinski definition) is 2. The Hall–Kier alpha value is -2.63. The second-order valence-electron chi connectivity index (χ2n) is 8.15. The van der Waals surface area contributed by atoms with Crippen LogP contribution in [0.5, 0.6) is 0 Å². The van der Waals surface area contributed by atoms with Crippen LogP contribution in [-0.4, -0.2) is 26.7 Å². The molecule has 3 aromatic rings. The Balaban J connectivity index is 1.78. The molecule has 6 nitrogen and oxygen atoms in total. The third kappa shape index (κ3) is 3.01.